The quantitative estimate of drug-likeness (QED) is 0.323. The molecule has 0 amide bonds. The summed E-state index contributed by atoms with van der Waals surface area (Å²) in [7, 11) is 3.01. The molecule has 0 N–H and O–H groups in total. The van der Waals surface area contributed by atoms with Gasteiger partial charge in [0.2, 0.25) is 0 Å². The van der Waals surface area contributed by atoms with Gasteiger partial charge in [-0.3, -0.25) is 4.57 Å². The number of carbonyl (C=O) groups excluding carboxylic acids is 1. The van der Waals surface area contributed by atoms with E-state index in [1.54, 1.807) is 31.0 Å². The van der Waals surface area contributed by atoms with Gasteiger partial charge in [0.1, 0.15) is 5.75 Å². The number of aromatic nitrogens is 3. The average molecular weight is 395 g/mol. The average Bonchev–Trinajstić information content (AvgIpc) is 3.15. The molecule has 0 atom stereocenters. The Morgan fingerprint density at radius 2 is 1.96 bits per heavy atom. The lowest BCUT2D eigenvalue weighted by atomic mass is 10.1. The summed E-state index contributed by atoms with van der Waals surface area (Å²) in [6.45, 7) is 4.44. The molecule has 0 radical (unpaired) electrons. The molecule has 0 unspecified atom stereocenters. The number of methoxy groups -OCH3 is 2. The van der Waals surface area contributed by atoms with E-state index in [0.29, 0.717) is 17.9 Å². The first-order valence-corrected chi connectivity index (χ1v) is 9.63. The summed E-state index contributed by atoms with van der Waals surface area (Å²) in [6.07, 6.45) is 1.82. The van der Waals surface area contributed by atoms with Crippen LogP contribution in [0, 0.1) is 0 Å². The molecule has 2 aromatic carbocycles. The highest BCUT2D eigenvalue weighted by Gasteiger charge is 2.14. The molecule has 3 rings (SSSR count). The number of rotatable bonds is 8. The fourth-order valence-electron chi connectivity index (χ4n) is 2.67. The molecule has 3 aromatic rings. The molecule has 144 valence electrons. The zero-order chi connectivity index (χ0) is 19.9. The van der Waals surface area contributed by atoms with Gasteiger partial charge in [-0.2, -0.15) is 0 Å². The van der Waals surface area contributed by atoms with E-state index in [4.69, 9.17) is 9.47 Å². The SMILES string of the molecule is C=CCn1c(SCc2ccc(C(=O)OC)cc2)nnc1-c1cccc(OC)c1. The number of thioether (sulfide) groups is 1. The van der Waals surface area contributed by atoms with Crippen LogP contribution in [0.3, 0.4) is 0 Å². The van der Waals surface area contributed by atoms with E-state index >= 15 is 0 Å². The van der Waals surface area contributed by atoms with Gasteiger partial charge < -0.3 is 9.47 Å². The highest BCUT2D eigenvalue weighted by molar-refractivity contribution is 7.98. The molecule has 0 saturated heterocycles. The van der Waals surface area contributed by atoms with Gasteiger partial charge in [0, 0.05) is 17.9 Å². The topological polar surface area (TPSA) is 66.2 Å². The summed E-state index contributed by atoms with van der Waals surface area (Å²) in [4.78, 5) is 11.5. The number of carbonyl (C=O) groups is 1. The molecule has 0 aliphatic rings. The normalized spacial score (nSPS) is 10.5. The van der Waals surface area contributed by atoms with Gasteiger partial charge in [0.15, 0.2) is 11.0 Å². The molecule has 1 heterocycles. The van der Waals surface area contributed by atoms with E-state index in [9.17, 15) is 4.79 Å². The standard InChI is InChI=1S/C21H21N3O3S/c1-4-12-24-19(17-6-5-7-18(13-17)26-2)22-23-21(24)28-14-15-8-10-16(11-9-15)20(25)27-3/h4-11,13H,1,12,14H2,2-3H3. The minimum Gasteiger partial charge on any atom is -0.497 e. The van der Waals surface area contributed by atoms with Crippen LogP contribution in [0.4, 0.5) is 0 Å². The Hall–Kier alpha value is -3.06. The summed E-state index contributed by atoms with van der Waals surface area (Å²) >= 11 is 1.58. The molecule has 0 saturated carbocycles. The van der Waals surface area contributed by atoms with Crippen LogP contribution in [0.5, 0.6) is 5.75 Å². The number of esters is 1. The van der Waals surface area contributed by atoms with Crippen LogP contribution in [0.25, 0.3) is 11.4 Å². The van der Waals surface area contributed by atoms with Crippen molar-refractivity contribution < 1.29 is 14.3 Å². The number of ether oxygens (including phenoxy) is 2. The van der Waals surface area contributed by atoms with Crippen molar-refractivity contribution in [1.29, 1.82) is 0 Å². The number of hydrogen-bond acceptors (Lipinski definition) is 6. The van der Waals surface area contributed by atoms with Crippen molar-refractivity contribution in [3.8, 4) is 17.1 Å². The summed E-state index contributed by atoms with van der Waals surface area (Å²) in [5, 5.41) is 9.52. The maximum atomic E-state index is 11.5. The molecule has 0 bridgehead atoms. The Balaban J connectivity index is 1.79. The van der Waals surface area contributed by atoms with Crippen LogP contribution in [0.2, 0.25) is 0 Å². The first-order chi connectivity index (χ1) is 13.7. The third kappa shape index (κ3) is 4.43. The highest BCUT2D eigenvalue weighted by atomic mass is 32.2. The Morgan fingerprint density at radius 1 is 1.18 bits per heavy atom. The molecule has 0 aliphatic carbocycles. The maximum absolute atomic E-state index is 11.5. The Kier molecular flexibility index (Phi) is 6.49. The van der Waals surface area contributed by atoms with Gasteiger partial charge >= 0.3 is 5.97 Å². The molecule has 0 fully saturated rings. The van der Waals surface area contributed by atoms with E-state index in [-0.39, 0.29) is 5.97 Å². The van der Waals surface area contributed by atoms with Crippen molar-refractivity contribution >= 4 is 17.7 Å². The number of benzene rings is 2. The van der Waals surface area contributed by atoms with Crippen LogP contribution in [0.1, 0.15) is 15.9 Å². The van der Waals surface area contributed by atoms with Crippen molar-refractivity contribution in [2.75, 3.05) is 14.2 Å². The first kappa shape index (κ1) is 19.7. The Bertz CT molecular complexity index is 967. The van der Waals surface area contributed by atoms with Crippen molar-refractivity contribution in [1.82, 2.24) is 14.8 Å². The van der Waals surface area contributed by atoms with Gasteiger partial charge in [-0.05, 0) is 29.8 Å². The van der Waals surface area contributed by atoms with E-state index in [0.717, 1.165) is 27.9 Å². The summed E-state index contributed by atoms with van der Waals surface area (Å²) < 4.78 is 12.1. The van der Waals surface area contributed by atoms with Gasteiger partial charge in [0.25, 0.3) is 0 Å². The molecule has 6 nitrogen and oxygen atoms in total. The van der Waals surface area contributed by atoms with Crippen molar-refractivity contribution in [3.05, 3.63) is 72.3 Å². The number of nitrogens with zero attached hydrogens (tertiary/aromatic N) is 3. The zero-order valence-corrected chi connectivity index (χ0v) is 16.6. The first-order valence-electron chi connectivity index (χ1n) is 8.65. The van der Waals surface area contributed by atoms with Crippen LogP contribution in [-0.2, 0) is 17.0 Å². The van der Waals surface area contributed by atoms with Gasteiger partial charge in [-0.25, -0.2) is 4.79 Å². The minimum absolute atomic E-state index is 0.340. The Morgan fingerprint density at radius 3 is 2.64 bits per heavy atom. The van der Waals surface area contributed by atoms with Crippen molar-refractivity contribution in [2.24, 2.45) is 0 Å². The maximum Gasteiger partial charge on any atom is 0.337 e. The van der Waals surface area contributed by atoms with E-state index in [2.05, 4.69) is 16.8 Å². The molecule has 0 aliphatic heterocycles. The van der Waals surface area contributed by atoms with E-state index < -0.39 is 0 Å². The summed E-state index contributed by atoms with van der Waals surface area (Å²) in [5.41, 5.74) is 2.54. The molecule has 28 heavy (non-hydrogen) atoms. The zero-order valence-electron chi connectivity index (χ0n) is 15.8. The van der Waals surface area contributed by atoms with Crippen molar-refractivity contribution in [3.63, 3.8) is 0 Å². The highest BCUT2D eigenvalue weighted by Crippen LogP contribution is 2.28. The molecular weight excluding hydrogens is 374 g/mol. The Labute approximate surface area is 168 Å². The molecule has 1 aromatic heterocycles. The second-order valence-electron chi connectivity index (χ2n) is 5.91. The van der Waals surface area contributed by atoms with Gasteiger partial charge in [-0.1, -0.05) is 42.1 Å². The third-order valence-electron chi connectivity index (χ3n) is 4.10. The lowest BCUT2D eigenvalue weighted by Gasteiger charge is -2.09. The fraction of sp³-hybridized carbons (Fsp3) is 0.190. The summed E-state index contributed by atoms with van der Waals surface area (Å²) in [5.74, 6) is 1.90. The summed E-state index contributed by atoms with van der Waals surface area (Å²) in [6, 6.07) is 15.1. The van der Waals surface area contributed by atoms with Gasteiger partial charge in [-0.15, -0.1) is 16.8 Å². The van der Waals surface area contributed by atoms with E-state index in [1.165, 1.54) is 7.11 Å². The lowest BCUT2D eigenvalue weighted by Crippen LogP contribution is -2.01. The van der Waals surface area contributed by atoms with Crippen LogP contribution in [0.15, 0.2) is 66.3 Å². The number of hydrogen-bond donors (Lipinski definition) is 0. The van der Waals surface area contributed by atoms with Crippen molar-refractivity contribution in [2.45, 2.75) is 17.5 Å². The second-order valence-corrected chi connectivity index (χ2v) is 6.86. The predicted molar refractivity (Wildman–Crippen MR) is 110 cm³/mol. The lowest BCUT2D eigenvalue weighted by molar-refractivity contribution is 0.0600. The monoisotopic (exact) mass is 395 g/mol. The predicted octanol–water partition coefficient (Wildman–Crippen LogP) is 4.22. The second kappa shape index (κ2) is 9.23. The van der Waals surface area contributed by atoms with E-state index in [1.807, 2.05) is 47.0 Å². The minimum atomic E-state index is -0.340. The van der Waals surface area contributed by atoms with Gasteiger partial charge in [0.05, 0.1) is 19.8 Å². The number of allylic oxidation sites excluding steroid dienone is 1. The third-order valence-corrected chi connectivity index (χ3v) is 5.14. The molecule has 0 spiro atoms. The largest absolute Gasteiger partial charge is 0.497 e. The molecular formula is C21H21N3O3S. The fourth-order valence-corrected chi connectivity index (χ4v) is 3.57. The van der Waals surface area contributed by atoms with Crippen LogP contribution >= 0.6 is 11.8 Å². The van der Waals surface area contributed by atoms with Crippen LogP contribution < -0.4 is 4.74 Å². The van der Waals surface area contributed by atoms with Crippen LogP contribution in [-0.4, -0.2) is 35.0 Å². The smallest absolute Gasteiger partial charge is 0.337 e. The molecule has 7 heteroatoms.